The van der Waals surface area contributed by atoms with Gasteiger partial charge in [0.05, 0.1) is 0 Å². The standard InChI is InChI=1S/C16H20N2O2/c1-3-4-13-5-7-14(8-6-13)9-10-17-16(19)15-11-12(2)20-18-15/h5-8,11H,3-4,9-10H2,1-2H3,(H,17,19). The van der Waals surface area contributed by atoms with Crippen LogP contribution in [0.1, 0.15) is 40.7 Å². The molecule has 2 aromatic rings. The lowest BCUT2D eigenvalue weighted by molar-refractivity contribution is 0.0945. The summed E-state index contributed by atoms with van der Waals surface area (Å²) < 4.78 is 4.88. The van der Waals surface area contributed by atoms with Crippen LogP contribution < -0.4 is 5.32 Å². The van der Waals surface area contributed by atoms with Gasteiger partial charge in [0.15, 0.2) is 5.69 Å². The minimum Gasteiger partial charge on any atom is -0.361 e. The zero-order valence-corrected chi connectivity index (χ0v) is 12.0. The van der Waals surface area contributed by atoms with E-state index in [1.807, 2.05) is 0 Å². The van der Waals surface area contributed by atoms with Crippen molar-refractivity contribution in [1.82, 2.24) is 10.5 Å². The Morgan fingerprint density at radius 3 is 2.40 bits per heavy atom. The molecule has 0 unspecified atom stereocenters. The molecule has 106 valence electrons. The smallest absolute Gasteiger partial charge is 0.273 e. The molecule has 0 radical (unpaired) electrons. The average molecular weight is 272 g/mol. The maximum absolute atomic E-state index is 11.8. The number of amides is 1. The molecule has 0 bridgehead atoms. The minimum absolute atomic E-state index is 0.190. The number of hydrogen-bond donors (Lipinski definition) is 1. The van der Waals surface area contributed by atoms with Gasteiger partial charge in [0.1, 0.15) is 5.76 Å². The van der Waals surface area contributed by atoms with Gasteiger partial charge in [0, 0.05) is 12.6 Å². The van der Waals surface area contributed by atoms with Gasteiger partial charge < -0.3 is 9.84 Å². The molecule has 0 aliphatic carbocycles. The number of carbonyl (C=O) groups is 1. The van der Waals surface area contributed by atoms with Gasteiger partial charge in [-0.15, -0.1) is 0 Å². The first-order valence-corrected chi connectivity index (χ1v) is 6.98. The second-order valence-electron chi connectivity index (χ2n) is 4.90. The molecule has 4 nitrogen and oxygen atoms in total. The van der Waals surface area contributed by atoms with E-state index in [0.29, 0.717) is 18.0 Å². The Morgan fingerprint density at radius 1 is 1.20 bits per heavy atom. The van der Waals surface area contributed by atoms with E-state index in [9.17, 15) is 4.79 Å². The number of carbonyl (C=O) groups excluding carboxylic acids is 1. The molecular formula is C16H20N2O2. The van der Waals surface area contributed by atoms with Crippen LogP contribution in [0.5, 0.6) is 0 Å². The predicted molar refractivity (Wildman–Crippen MR) is 77.7 cm³/mol. The van der Waals surface area contributed by atoms with Gasteiger partial charge in [-0.3, -0.25) is 4.79 Å². The molecule has 0 aliphatic rings. The van der Waals surface area contributed by atoms with Crippen LogP contribution >= 0.6 is 0 Å². The highest BCUT2D eigenvalue weighted by molar-refractivity contribution is 5.92. The first-order chi connectivity index (χ1) is 9.69. The van der Waals surface area contributed by atoms with Crippen LogP contribution in [0.3, 0.4) is 0 Å². The molecule has 1 amide bonds. The van der Waals surface area contributed by atoms with Crippen molar-refractivity contribution >= 4 is 5.91 Å². The van der Waals surface area contributed by atoms with Gasteiger partial charge in [-0.05, 0) is 30.9 Å². The lowest BCUT2D eigenvalue weighted by Gasteiger charge is -2.04. The summed E-state index contributed by atoms with van der Waals surface area (Å²) in [5.41, 5.74) is 2.92. The van der Waals surface area contributed by atoms with Crippen molar-refractivity contribution in [2.75, 3.05) is 6.54 Å². The largest absolute Gasteiger partial charge is 0.361 e. The summed E-state index contributed by atoms with van der Waals surface area (Å²) in [6.45, 7) is 4.54. The van der Waals surface area contributed by atoms with Crippen LogP contribution in [0.25, 0.3) is 0 Å². The minimum atomic E-state index is -0.190. The van der Waals surface area contributed by atoms with Crippen molar-refractivity contribution in [2.24, 2.45) is 0 Å². The molecule has 1 aromatic carbocycles. The van der Waals surface area contributed by atoms with E-state index in [1.54, 1.807) is 13.0 Å². The Balaban J connectivity index is 1.79. The number of aryl methyl sites for hydroxylation is 2. The molecule has 0 saturated carbocycles. The summed E-state index contributed by atoms with van der Waals surface area (Å²) in [5.74, 6) is 0.450. The number of nitrogens with one attached hydrogen (secondary N) is 1. The van der Waals surface area contributed by atoms with E-state index < -0.39 is 0 Å². The highest BCUT2D eigenvalue weighted by atomic mass is 16.5. The van der Waals surface area contributed by atoms with Gasteiger partial charge in [-0.25, -0.2) is 0 Å². The molecule has 0 spiro atoms. The Bertz CT molecular complexity index is 558. The number of benzene rings is 1. The van der Waals surface area contributed by atoms with Crippen LogP contribution in [0, 0.1) is 6.92 Å². The fourth-order valence-electron chi connectivity index (χ4n) is 2.05. The fraction of sp³-hybridized carbons (Fsp3) is 0.375. The molecule has 1 heterocycles. The van der Waals surface area contributed by atoms with Crippen LogP contribution in [0.2, 0.25) is 0 Å². The van der Waals surface area contributed by atoms with E-state index in [4.69, 9.17) is 4.52 Å². The second kappa shape index (κ2) is 6.89. The second-order valence-corrected chi connectivity index (χ2v) is 4.90. The summed E-state index contributed by atoms with van der Waals surface area (Å²) in [6, 6.07) is 10.2. The summed E-state index contributed by atoms with van der Waals surface area (Å²) in [5, 5.41) is 6.53. The van der Waals surface area contributed by atoms with Crippen molar-refractivity contribution < 1.29 is 9.32 Å². The predicted octanol–water partition coefficient (Wildman–Crippen LogP) is 2.91. The topological polar surface area (TPSA) is 55.1 Å². The first kappa shape index (κ1) is 14.3. The molecule has 0 saturated heterocycles. The Morgan fingerprint density at radius 2 is 1.85 bits per heavy atom. The number of rotatable bonds is 6. The molecule has 1 aromatic heterocycles. The highest BCUT2D eigenvalue weighted by Gasteiger charge is 2.09. The number of nitrogens with zero attached hydrogens (tertiary/aromatic N) is 1. The molecule has 2 rings (SSSR count). The number of hydrogen-bond acceptors (Lipinski definition) is 3. The lowest BCUT2D eigenvalue weighted by atomic mass is 10.1. The zero-order valence-electron chi connectivity index (χ0n) is 12.0. The number of aromatic nitrogens is 1. The summed E-state index contributed by atoms with van der Waals surface area (Å²) in [4.78, 5) is 11.8. The van der Waals surface area contributed by atoms with Crippen molar-refractivity contribution in [3.8, 4) is 0 Å². The van der Waals surface area contributed by atoms with Crippen LogP contribution in [-0.2, 0) is 12.8 Å². The third kappa shape index (κ3) is 3.95. The maximum atomic E-state index is 11.8. The van der Waals surface area contributed by atoms with E-state index in [0.717, 1.165) is 19.3 Å². The van der Waals surface area contributed by atoms with E-state index in [-0.39, 0.29) is 5.91 Å². The highest BCUT2D eigenvalue weighted by Crippen LogP contribution is 2.07. The first-order valence-electron chi connectivity index (χ1n) is 6.98. The molecule has 0 atom stereocenters. The van der Waals surface area contributed by atoms with Crippen molar-refractivity contribution in [3.63, 3.8) is 0 Å². The molecule has 0 fully saturated rings. The Hall–Kier alpha value is -2.10. The summed E-state index contributed by atoms with van der Waals surface area (Å²) in [7, 11) is 0. The van der Waals surface area contributed by atoms with Crippen LogP contribution in [-0.4, -0.2) is 17.6 Å². The van der Waals surface area contributed by atoms with Gasteiger partial charge in [-0.2, -0.15) is 0 Å². The van der Waals surface area contributed by atoms with E-state index in [1.165, 1.54) is 11.1 Å². The van der Waals surface area contributed by atoms with Crippen molar-refractivity contribution in [1.29, 1.82) is 0 Å². The third-order valence-corrected chi connectivity index (χ3v) is 3.12. The molecule has 4 heteroatoms. The Labute approximate surface area is 119 Å². The molecule has 1 N–H and O–H groups in total. The van der Waals surface area contributed by atoms with Gasteiger partial charge in [-0.1, -0.05) is 42.8 Å². The summed E-state index contributed by atoms with van der Waals surface area (Å²) in [6.07, 6.45) is 3.09. The maximum Gasteiger partial charge on any atom is 0.273 e. The van der Waals surface area contributed by atoms with Crippen molar-refractivity contribution in [3.05, 3.63) is 52.9 Å². The van der Waals surface area contributed by atoms with Gasteiger partial charge >= 0.3 is 0 Å². The van der Waals surface area contributed by atoms with Crippen LogP contribution in [0.15, 0.2) is 34.9 Å². The van der Waals surface area contributed by atoms with E-state index in [2.05, 4.69) is 41.7 Å². The monoisotopic (exact) mass is 272 g/mol. The summed E-state index contributed by atoms with van der Waals surface area (Å²) >= 11 is 0. The Kier molecular flexibility index (Phi) is 4.93. The van der Waals surface area contributed by atoms with Gasteiger partial charge in [0.25, 0.3) is 5.91 Å². The molecular weight excluding hydrogens is 252 g/mol. The van der Waals surface area contributed by atoms with Crippen molar-refractivity contribution in [2.45, 2.75) is 33.1 Å². The lowest BCUT2D eigenvalue weighted by Crippen LogP contribution is -2.25. The van der Waals surface area contributed by atoms with Gasteiger partial charge in [0.2, 0.25) is 0 Å². The fourth-order valence-corrected chi connectivity index (χ4v) is 2.05. The normalized spacial score (nSPS) is 10.5. The van der Waals surface area contributed by atoms with Crippen LogP contribution in [0.4, 0.5) is 0 Å². The zero-order chi connectivity index (χ0) is 14.4. The quantitative estimate of drug-likeness (QED) is 0.879. The SMILES string of the molecule is CCCc1ccc(CCNC(=O)c2cc(C)on2)cc1. The van der Waals surface area contributed by atoms with E-state index >= 15 is 0 Å². The molecule has 20 heavy (non-hydrogen) atoms. The third-order valence-electron chi connectivity index (χ3n) is 3.12. The average Bonchev–Trinajstić information content (AvgIpc) is 2.88. The molecule has 0 aliphatic heterocycles.